The number of carbonyl (C=O) groups is 1. The van der Waals surface area contributed by atoms with Crippen LogP contribution in [0.3, 0.4) is 0 Å². The third-order valence-electron chi connectivity index (χ3n) is 3.56. The maximum atomic E-state index is 12.7. The summed E-state index contributed by atoms with van der Waals surface area (Å²) in [6.07, 6.45) is -0.439. The van der Waals surface area contributed by atoms with Crippen molar-refractivity contribution in [3.05, 3.63) is 35.4 Å². The van der Waals surface area contributed by atoms with Crippen LogP contribution in [-0.2, 0) is 11.0 Å². The number of amides is 1. The van der Waals surface area contributed by atoms with E-state index < -0.39 is 17.6 Å². The van der Waals surface area contributed by atoms with Gasteiger partial charge in [-0.2, -0.15) is 13.2 Å². The molecule has 0 saturated heterocycles. The lowest BCUT2D eigenvalue weighted by Gasteiger charge is -2.16. The molecule has 23 heavy (non-hydrogen) atoms. The molecular formula is C15H18F3N3O2. The zero-order valence-corrected chi connectivity index (χ0v) is 12.6. The van der Waals surface area contributed by atoms with Crippen LogP contribution in [0.2, 0.25) is 0 Å². The molecule has 1 aromatic rings. The highest BCUT2D eigenvalue weighted by atomic mass is 19.4. The monoisotopic (exact) mass is 329 g/mol. The Bertz CT molecular complexity index is 582. The Morgan fingerprint density at radius 3 is 2.61 bits per heavy atom. The van der Waals surface area contributed by atoms with Crippen molar-refractivity contribution in [2.45, 2.75) is 37.9 Å². The van der Waals surface area contributed by atoms with E-state index in [1.54, 1.807) is 0 Å². The van der Waals surface area contributed by atoms with Gasteiger partial charge in [-0.05, 0) is 36.2 Å². The third-order valence-corrected chi connectivity index (χ3v) is 3.56. The lowest BCUT2D eigenvalue weighted by molar-refractivity contribution is -0.137. The van der Waals surface area contributed by atoms with Crippen LogP contribution in [-0.4, -0.2) is 25.0 Å². The van der Waals surface area contributed by atoms with Gasteiger partial charge in [0.2, 0.25) is 5.96 Å². The molecule has 2 rings (SSSR count). The number of rotatable bonds is 3. The van der Waals surface area contributed by atoms with E-state index in [-0.39, 0.29) is 17.6 Å². The van der Waals surface area contributed by atoms with Gasteiger partial charge in [-0.1, -0.05) is 18.9 Å². The molecule has 1 saturated carbocycles. The highest BCUT2D eigenvalue weighted by molar-refractivity contribution is 6.05. The van der Waals surface area contributed by atoms with E-state index >= 15 is 0 Å². The molecule has 0 spiro atoms. The number of nitrogens with one attached hydrogen (secondary N) is 2. The number of nitrogens with zero attached hydrogens (tertiary/aromatic N) is 1. The van der Waals surface area contributed by atoms with Gasteiger partial charge in [0.25, 0.3) is 5.91 Å². The average Bonchev–Trinajstić information content (AvgIpc) is 2.99. The van der Waals surface area contributed by atoms with E-state index in [1.807, 2.05) is 0 Å². The van der Waals surface area contributed by atoms with Crippen molar-refractivity contribution in [3.8, 4) is 0 Å². The third kappa shape index (κ3) is 4.87. The summed E-state index contributed by atoms with van der Waals surface area (Å²) in [6, 6.07) is 4.39. The van der Waals surface area contributed by atoms with Crippen molar-refractivity contribution >= 4 is 11.9 Å². The van der Waals surface area contributed by atoms with Crippen LogP contribution in [0.1, 0.15) is 41.6 Å². The minimum absolute atomic E-state index is 0.0989. The minimum Gasteiger partial charge on any atom is -0.396 e. The Labute approximate surface area is 131 Å². The molecule has 1 fully saturated rings. The molecule has 1 aliphatic carbocycles. The number of benzene rings is 1. The smallest absolute Gasteiger partial charge is 0.396 e. The predicted octanol–water partition coefficient (Wildman–Crippen LogP) is 2.88. The number of hydrogen-bond donors (Lipinski definition) is 2. The average molecular weight is 329 g/mol. The van der Waals surface area contributed by atoms with Gasteiger partial charge in [0.1, 0.15) is 7.11 Å². The zero-order valence-electron chi connectivity index (χ0n) is 12.6. The van der Waals surface area contributed by atoms with E-state index in [2.05, 4.69) is 20.6 Å². The van der Waals surface area contributed by atoms with Gasteiger partial charge >= 0.3 is 6.18 Å². The topological polar surface area (TPSA) is 62.7 Å². The molecule has 8 heteroatoms. The van der Waals surface area contributed by atoms with E-state index in [0.29, 0.717) is 0 Å². The lowest BCUT2D eigenvalue weighted by atomic mass is 10.1. The SMILES string of the molecule is CON=C(NC(=O)c1cccc(C(F)(F)F)c1)NC1CCCC1. The number of halogens is 3. The van der Waals surface area contributed by atoms with Crippen molar-refractivity contribution in [1.29, 1.82) is 0 Å². The van der Waals surface area contributed by atoms with Crippen molar-refractivity contribution in [2.75, 3.05) is 7.11 Å². The Balaban J connectivity index is 2.07. The molecule has 2 N–H and O–H groups in total. The number of oxime groups is 1. The van der Waals surface area contributed by atoms with Crippen LogP contribution >= 0.6 is 0 Å². The lowest BCUT2D eigenvalue weighted by Crippen LogP contribution is -2.45. The van der Waals surface area contributed by atoms with Crippen molar-refractivity contribution in [1.82, 2.24) is 10.6 Å². The Hall–Kier alpha value is -2.25. The highest BCUT2D eigenvalue weighted by Crippen LogP contribution is 2.29. The van der Waals surface area contributed by atoms with Crippen molar-refractivity contribution in [3.63, 3.8) is 0 Å². The van der Waals surface area contributed by atoms with Crippen LogP contribution in [0.25, 0.3) is 0 Å². The van der Waals surface area contributed by atoms with Crippen LogP contribution in [0.4, 0.5) is 13.2 Å². The van der Waals surface area contributed by atoms with Crippen LogP contribution in [0, 0.1) is 0 Å². The minimum atomic E-state index is -4.50. The molecule has 0 aliphatic heterocycles. The second-order valence-electron chi connectivity index (χ2n) is 5.28. The molecule has 0 unspecified atom stereocenters. The molecule has 1 amide bonds. The summed E-state index contributed by atoms with van der Waals surface area (Å²) in [5, 5.41) is 9.16. The summed E-state index contributed by atoms with van der Waals surface area (Å²) in [6.45, 7) is 0. The summed E-state index contributed by atoms with van der Waals surface area (Å²) in [4.78, 5) is 16.8. The predicted molar refractivity (Wildman–Crippen MR) is 78.7 cm³/mol. The first kappa shape index (κ1) is 17.1. The quantitative estimate of drug-likeness (QED) is 0.509. The fraction of sp³-hybridized carbons (Fsp3) is 0.467. The molecular weight excluding hydrogens is 311 g/mol. The first-order chi connectivity index (χ1) is 10.9. The number of hydrogen-bond acceptors (Lipinski definition) is 3. The number of carbonyl (C=O) groups excluding carboxylic acids is 1. The molecule has 0 atom stereocenters. The van der Waals surface area contributed by atoms with Gasteiger partial charge in [-0.25, -0.2) is 0 Å². The van der Waals surface area contributed by atoms with Gasteiger partial charge in [0.05, 0.1) is 5.56 Å². The Morgan fingerprint density at radius 1 is 1.30 bits per heavy atom. The summed E-state index contributed by atoms with van der Waals surface area (Å²) in [5.41, 5.74) is -0.976. The molecule has 0 radical (unpaired) electrons. The summed E-state index contributed by atoms with van der Waals surface area (Å²) in [7, 11) is 1.33. The van der Waals surface area contributed by atoms with Crippen molar-refractivity contribution < 1.29 is 22.8 Å². The Kier molecular flexibility index (Phi) is 5.46. The second-order valence-corrected chi connectivity index (χ2v) is 5.28. The fourth-order valence-corrected chi connectivity index (χ4v) is 2.46. The number of guanidine groups is 1. The molecule has 1 aliphatic rings. The van der Waals surface area contributed by atoms with E-state index in [9.17, 15) is 18.0 Å². The van der Waals surface area contributed by atoms with Gasteiger partial charge in [-0.15, -0.1) is 0 Å². The molecule has 1 aromatic carbocycles. The normalized spacial score (nSPS) is 16.3. The fourth-order valence-electron chi connectivity index (χ4n) is 2.46. The largest absolute Gasteiger partial charge is 0.416 e. The summed E-state index contributed by atoms with van der Waals surface area (Å²) < 4.78 is 38.1. The Morgan fingerprint density at radius 2 is 2.00 bits per heavy atom. The second kappa shape index (κ2) is 7.34. The number of alkyl halides is 3. The highest BCUT2D eigenvalue weighted by Gasteiger charge is 2.31. The molecule has 0 bridgehead atoms. The zero-order chi connectivity index (χ0) is 16.9. The molecule has 126 valence electrons. The van der Waals surface area contributed by atoms with Gasteiger partial charge in [-0.3, -0.25) is 10.1 Å². The first-order valence-electron chi connectivity index (χ1n) is 7.26. The van der Waals surface area contributed by atoms with Crippen molar-refractivity contribution in [2.24, 2.45) is 5.16 Å². The maximum absolute atomic E-state index is 12.7. The van der Waals surface area contributed by atoms with E-state index in [1.165, 1.54) is 19.2 Å². The van der Waals surface area contributed by atoms with E-state index in [0.717, 1.165) is 37.8 Å². The van der Waals surface area contributed by atoms with Crippen LogP contribution < -0.4 is 10.6 Å². The molecule has 5 nitrogen and oxygen atoms in total. The van der Waals surface area contributed by atoms with E-state index in [4.69, 9.17) is 0 Å². The van der Waals surface area contributed by atoms with Crippen LogP contribution in [0.15, 0.2) is 29.4 Å². The molecule has 0 heterocycles. The summed E-state index contributed by atoms with van der Waals surface area (Å²) in [5.74, 6) is -0.584. The van der Waals surface area contributed by atoms with Gasteiger partial charge in [0.15, 0.2) is 0 Å². The molecule has 0 aromatic heterocycles. The van der Waals surface area contributed by atoms with Gasteiger partial charge in [0, 0.05) is 11.6 Å². The summed E-state index contributed by atoms with van der Waals surface area (Å²) >= 11 is 0. The van der Waals surface area contributed by atoms with Crippen LogP contribution in [0.5, 0.6) is 0 Å². The first-order valence-corrected chi connectivity index (χ1v) is 7.26. The maximum Gasteiger partial charge on any atom is 0.416 e. The standard InChI is InChI=1S/C15H18F3N3O2/c1-23-21-14(19-12-7-2-3-8-12)20-13(22)10-5-4-6-11(9-10)15(16,17)18/h4-6,9,12H,2-3,7-8H2,1H3,(H2,19,20,21,22). The van der Waals surface area contributed by atoms with Gasteiger partial charge < -0.3 is 10.2 Å².